The monoisotopic (exact) mass is 560 g/mol. The predicted octanol–water partition coefficient (Wildman–Crippen LogP) is 6.25. The van der Waals surface area contributed by atoms with Crippen molar-refractivity contribution in [3.05, 3.63) is 83.0 Å². The summed E-state index contributed by atoms with van der Waals surface area (Å²) < 4.78 is 17.3. The molecule has 0 bridgehead atoms. The summed E-state index contributed by atoms with van der Waals surface area (Å²) >= 11 is 0. The van der Waals surface area contributed by atoms with Crippen LogP contribution in [-0.2, 0) is 4.79 Å². The van der Waals surface area contributed by atoms with Gasteiger partial charge in [0.15, 0.2) is 12.4 Å². The Morgan fingerprint density at radius 2 is 1.49 bits per heavy atom. The molecule has 1 heterocycles. The number of carbonyl (C=O) groups excluding carboxylic acids is 2. The largest absolute Gasteiger partial charge is 0.490 e. The number of likely N-dealkylation sites (tertiary alicyclic amines) is 1. The van der Waals surface area contributed by atoms with Gasteiger partial charge in [0, 0.05) is 12.6 Å². The van der Waals surface area contributed by atoms with E-state index < -0.39 is 0 Å². The second-order valence-electron chi connectivity index (χ2n) is 10.7. The van der Waals surface area contributed by atoms with Crippen molar-refractivity contribution in [2.75, 3.05) is 46.0 Å². The molecule has 1 fully saturated rings. The van der Waals surface area contributed by atoms with Crippen LogP contribution >= 0.6 is 0 Å². The minimum atomic E-state index is -0.231. The SMILES string of the molecule is CC(C)=CCOc1ccc(/C=C/C(=O)c2ccc(OCC=C(C)C)cc2OCC(=O)NCCCN2CCCC2)cc1. The third-order valence-electron chi connectivity index (χ3n) is 6.54. The lowest BCUT2D eigenvalue weighted by atomic mass is 10.1. The molecule has 3 rings (SSSR count). The number of allylic oxidation sites excluding steroid dienone is 3. The first kappa shape index (κ1) is 31.7. The van der Waals surface area contributed by atoms with Crippen molar-refractivity contribution >= 4 is 17.8 Å². The molecule has 7 heteroatoms. The Labute approximate surface area is 244 Å². The average molecular weight is 561 g/mol. The van der Waals surface area contributed by atoms with Crippen LogP contribution in [0, 0.1) is 0 Å². The maximum Gasteiger partial charge on any atom is 0.257 e. The van der Waals surface area contributed by atoms with E-state index in [4.69, 9.17) is 14.2 Å². The summed E-state index contributed by atoms with van der Waals surface area (Å²) in [5.74, 6) is 1.19. The molecule has 0 radical (unpaired) electrons. The topological polar surface area (TPSA) is 77.1 Å². The number of benzene rings is 2. The van der Waals surface area contributed by atoms with Crippen molar-refractivity contribution in [3.8, 4) is 17.2 Å². The van der Waals surface area contributed by atoms with Gasteiger partial charge in [0.05, 0.1) is 5.56 Å². The van der Waals surface area contributed by atoms with Crippen LogP contribution in [0.25, 0.3) is 6.08 Å². The molecule has 1 aliphatic rings. The van der Waals surface area contributed by atoms with Gasteiger partial charge in [-0.3, -0.25) is 9.59 Å². The van der Waals surface area contributed by atoms with Gasteiger partial charge >= 0.3 is 0 Å². The van der Waals surface area contributed by atoms with Crippen molar-refractivity contribution in [1.29, 1.82) is 0 Å². The van der Waals surface area contributed by atoms with Gasteiger partial charge in [-0.1, -0.05) is 29.4 Å². The third-order valence-corrected chi connectivity index (χ3v) is 6.54. The van der Waals surface area contributed by atoms with Gasteiger partial charge in [-0.15, -0.1) is 0 Å². The number of rotatable bonds is 16. The number of nitrogens with zero attached hydrogens (tertiary/aromatic N) is 1. The van der Waals surface area contributed by atoms with E-state index in [9.17, 15) is 9.59 Å². The highest BCUT2D eigenvalue weighted by Gasteiger charge is 2.14. The van der Waals surface area contributed by atoms with Gasteiger partial charge < -0.3 is 24.4 Å². The Morgan fingerprint density at radius 1 is 0.854 bits per heavy atom. The van der Waals surface area contributed by atoms with Gasteiger partial charge in [-0.25, -0.2) is 0 Å². The Bertz CT molecular complexity index is 1220. The van der Waals surface area contributed by atoms with Crippen molar-refractivity contribution < 1.29 is 23.8 Å². The molecule has 2 aromatic carbocycles. The summed E-state index contributed by atoms with van der Waals surface area (Å²) in [6.45, 7) is 12.7. The van der Waals surface area contributed by atoms with E-state index in [1.165, 1.54) is 24.5 Å². The first-order chi connectivity index (χ1) is 19.8. The number of hydrogen-bond donors (Lipinski definition) is 1. The maximum absolute atomic E-state index is 13.2. The Morgan fingerprint density at radius 3 is 2.15 bits per heavy atom. The van der Waals surface area contributed by atoms with Crippen LogP contribution in [0.1, 0.15) is 62.9 Å². The minimum absolute atomic E-state index is 0.181. The molecule has 0 aromatic heterocycles. The second kappa shape index (κ2) is 17.1. The van der Waals surface area contributed by atoms with Crippen LogP contribution in [0.2, 0.25) is 0 Å². The summed E-state index contributed by atoms with van der Waals surface area (Å²) in [6.07, 6.45) is 10.6. The first-order valence-corrected chi connectivity index (χ1v) is 14.4. The van der Waals surface area contributed by atoms with Gasteiger partial charge in [-0.05, 0) is 115 Å². The molecule has 0 unspecified atom stereocenters. The molecular formula is C34H44N2O5. The summed E-state index contributed by atoms with van der Waals surface area (Å²) in [6, 6.07) is 12.6. The summed E-state index contributed by atoms with van der Waals surface area (Å²) in [5, 5.41) is 2.91. The van der Waals surface area contributed by atoms with Gasteiger partial charge in [0.1, 0.15) is 30.5 Å². The van der Waals surface area contributed by atoms with Crippen molar-refractivity contribution in [3.63, 3.8) is 0 Å². The number of carbonyl (C=O) groups is 2. The van der Waals surface area contributed by atoms with Crippen LogP contribution in [-0.4, -0.2) is 62.6 Å². The van der Waals surface area contributed by atoms with Crippen LogP contribution in [0.5, 0.6) is 17.2 Å². The lowest BCUT2D eigenvalue weighted by Crippen LogP contribution is -2.32. The standard InChI is InChI=1S/C34H44N2O5/c1-26(2)16-22-39-29-11-8-28(9-12-29)10-15-32(37)31-14-13-30(40-23-17-27(3)4)24-33(31)41-25-34(38)35-18-7-21-36-19-5-6-20-36/h8-17,24H,5-7,18-23,25H2,1-4H3,(H,35,38)/b15-10+. The van der Waals surface area contributed by atoms with Crippen LogP contribution < -0.4 is 19.5 Å². The maximum atomic E-state index is 13.2. The van der Waals surface area contributed by atoms with E-state index in [-0.39, 0.29) is 18.3 Å². The lowest BCUT2D eigenvalue weighted by molar-refractivity contribution is -0.123. The van der Waals surface area contributed by atoms with Crippen molar-refractivity contribution in [2.45, 2.75) is 47.0 Å². The molecule has 2 aromatic rings. The molecule has 1 amide bonds. The zero-order chi connectivity index (χ0) is 29.5. The van der Waals surface area contributed by atoms with E-state index in [1.807, 2.05) is 64.1 Å². The number of ketones is 1. The Balaban J connectivity index is 1.61. The highest BCUT2D eigenvalue weighted by Crippen LogP contribution is 2.26. The van der Waals surface area contributed by atoms with Gasteiger partial charge in [0.25, 0.3) is 5.91 Å². The molecular weight excluding hydrogens is 516 g/mol. The normalized spacial score (nSPS) is 13.1. The lowest BCUT2D eigenvalue weighted by Gasteiger charge is -2.15. The van der Waals surface area contributed by atoms with E-state index in [0.717, 1.165) is 42.9 Å². The molecule has 41 heavy (non-hydrogen) atoms. The van der Waals surface area contributed by atoms with E-state index in [1.54, 1.807) is 24.3 Å². The quantitative estimate of drug-likeness (QED) is 0.113. The average Bonchev–Trinajstić information content (AvgIpc) is 3.47. The smallest absolute Gasteiger partial charge is 0.257 e. The first-order valence-electron chi connectivity index (χ1n) is 14.4. The van der Waals surface area contributed by atoms with Gasteiger partial charge in [-0.2, -0.15) is 0 Å². The van der Waals surface area contributed by atoms with Gasteiger partial charge in [0.2, 0.25) is 0 Å². The van der Waals surface area contributed by atoms with Crippen LogP contribution in [0.3, 0.4) is 0 Å². The third kappa shape index (κ3) is 12.1. The number of nitrogens with one attached hydrogen (secondary N) is 1. The molecule has 220 valence electrons. The molecule has 1 aliphatic heterocycles. The second-order valence-corrected chi connectivity index (χ2v) is 10.7. The Kier molecular flexibility index (Phi) is 13.2. The molecule has 0 spiro atoms. The zero-order valence-corrected chi connectivity index (χ0v) is 24.9. The van der Waals surface area contributed by atoms with Crippen LogP contribution in [0.15, 0.2) is 71.8 Å². The summed E-state index contributed by atoms with van der Waals surface area (Å²) in [7, 11) is 0. The molecule has 0 aliphatic carbocycles. The molecule has 1 N–H and O–H groups in total. The predicted molar refractivity (Wildman–Crippen MR) is 165 cm³/mol. The number of hydrogen-bond acceptors (Lipinski definition) is 6. The van der Waals surface area contributed by atoms with E-state index >= 15 is 0 Å². The Hall–Kier alpha value is -3.84. The zero-order valence-electron chi connectivity index (χ0n) is 24.9. The molecule has 7 nitrogen and oxygen atoms in total. The van der Waals surface area contributed by atoms with E-state index in [2.05, 4.69) is 10.2 Å². The fourth-order valence-electron chi connectivity index (χ4n) is 4.19. The number of amides is 1. The van der Waals surface area contributed by atoms with Crippen molar-refractivity contribution in [1.82, 2.24) is 10.2 Å². The molecule has 1 saturated heterocycles. The minimum Gasteiger partial charge on any atom is -0.490 e. The highest BCUT2D eigenvalue weighted by atomic mass is 16.5. The summed E-state index contributed by atoms with van der Waals surface area (Å²) in [5.41, 5.74) is 3.57. The fraction of sp³-hybridized carbons (Fsp3) is 0.412. The highest BCUT2D eigenvalue weighted by molar-refractivity contribution is 6.08. The fourth-order valence-corrected chi connectivity index (χ4v) is 4.19. The molecule has 0 saturated carbocycles. The molecule has 0 atom stereocenters. The number of ether oxygens (including phenoxy) is 3. The van der Waals surface area contributed by atoms with E-state index in [0.29, 0.717) is 36.8 Å². The van der Waals surface area contributed by atoms with Crippen molar-refractivity contribution in [2.24, 2.45) is 0 Å². The van der Waals surface area contributed by atoms with Crippen LogP contribution in [0.4, 0.5) is 0 Å². The summed E-state index contributed by atoms with van der Waals surface area (Å²) in [4.78, 5) is 28.0.